The number of carbonyl (C=O) groups is 1. The van der Waals surface area contributed by atoms with Crippen molar-refractivity contribution in [3.8, 4) is 0 Å². The van der Waals surface area contributed by atoms with Gasteiger partial charge in [-0.1, -0.05) is 18.2 Å². The maximum absolute atomic E-state index is 12.1. The fraction of sp³-hybridized carbons (Fsp3) is 0.250. The van der Waals surface area contributed by atoms with E-state index in [4.69, 9.17) is 5.73 Å². The van der Waals surface area contributed by atoms with E-state index in [0.29, 0.717) is 12.3 Å². The maximum Gasteiger partial charge on any atom is 0.227 e. The Kier molecular flexibility index (Phi) is 3.37. The lowest BCUT2D eigenvalue weighted by Gasteiger charge is -2.16. The third-order valence-electron chi connectivity index (χ3n) is 3.61. The van der Waals surface area contributed by atoms with Crippen LogP contribution in [0.4, 0.5) is 11.4 Å². The predicted molar refractivity (Wildman–Crippen MR) is 79.3 cm³/mol. The van der Waals surface area contributed by atoms with Crippen molar-refractivity contribution in [3.63, 3.8) is 0 Å². The Morgan fingerprint density at radius 1 is 1.25 bits per heavy atom. The number of nitrogens with zero attached hydrogens (tertiary/aromatic N) is 2. The molecule has 2 N–H and O–H groups in total. The molecule has 4 nitrogen and oxygen atoms in total. The first kappa shape index (κ1) is 12.7. The Morgan fingerprint density at radius 3 is 2.80 bits per heavy atom. The van der Waals surface area contributed by atoms with Crippen LogP contribution in [0.25, 0.3) is 0 Å². The van der Waals surface area contributed by atoms with E-state index in [1.807, 2.05) is 41.3 Å². The van der Waals surface area contributed by atoms with Crippen molar-refractivity contribution in [1.29, 1.82) is 0 Å². The van der Waals surface area contributed by atoms with E-state index in [1.54, 1.807) is 12.3 Å². The molecule has 1 unspecified atom stereocenters. The van der Waals surface area contributed by atoms with E-state index >= 15 is 0 Å². The summed E-state index contributed by atoms with van der Waals surface area (Å²) < 4.78 is 0. The summed E-state index contributed by atoms with van der Waals surface area (Å²) in [6.45, 7) is 0.749. The predicted octanol–water partition coefficient (Wildman–Crippen LogP) is 2.26. The lowest BCUT2D eigenvalue weighted by Crippen LogP contribution is -2.24. The third kappa shape index (κ3) is 2.64. The monoisotopic (exact) mass is 267 g/mol. The molecule has 0 radical (unpaired) electrons. The highest BCUT2D eigenvalue weighted by Crippen LogP contribution is 2.26. The number of hydrogen-bond donors (Lipinski definition) is 1. The maximum atomic E-state index is 12.1. The van der Waals surface area contributed by atoms with Crippen LogP contribution in [0.5, 0.6) is 0 Å². The number of pyridine rings is 1. The van der Waals surface area contributed by atoms with Crippen LogP contribution >= 0.6 is 0 Å². The Labute approximate surface area is 118 Å². The molecule has 1 saturated heterocycles. The van der Waals surface area contributed by atoms with Crippen molar-refractivity contribution >= 4 is 17.3 Å². The Balaban J connectivity index is 1.71. The van der Waals surface area contributed by atoms with Gasteiger partial charge in [0.05, 0.1) is 0 Å². The molecular formula is C16H17N3O. The van der Waals surface area contributed by atoms with E-state index in [1.165, 1.54) is 0 Å². The van der Waals surface area contributed by atoms with Gasteiger partial charge in [0.25, 0.3) is 0 Å². The third-order valence-corrected chi connectivity index (χ3v) is 3.61. The molecule has 1 aliphatic heterocycles. The van der Waals surface area contributed by atoms with Gasteiger partial charge in [-0.05, 0) is 36.6 Å². The molecule has 1 aromatic heterocycles. The number of anilines is 2. The first-order chi connectivity index (χ1) is 9.72. The van der Waals surface area contributed by atoms with Crippen LogP contribution < -0.4 is 10.6 Å². The van der Waals surface area contributed by atoms with Crippen molar-refractivity contribution in [2.45, 2.75) is 12.8 Å². The number of hydrogen-bond acceptors (Lipinski definition) is 3. The summed E-state index contributed by atoms with van der Waals surface area (Å²) in [5.41, 5.74) is 8.41. The van der Waals surface area contributed by atoms with Gasteiger partial charge >= 0.3 is 0 Å². The molecule has 20 heavy (non-hydrogen) atoms. The van der Waals surface area contributed by atoms with Crippen LogP contribution in [0.1, 0.15) is 12.1 Å². The Morgan fingerprint density at radius 2 is 2.05 bits per heavy atom. The SMILES string of the molecule is Nc1ccnc(CC2CC(=O)N(c3ccccc3)C2)c1. The van der Waals surface area contributed by atoms with Gasteiger partial charge in [0.15, 0.2) is 0 Å². The molecule has 1 aliphatic rings. The minimum Gasteiger partial charge on any atom is -0.399 e. The van der Waals surface area contributed by atoms with Crippen LogP contribution in [0.2, 0.25) is 0 Å². The Hall–Kier alpha value is -2.36. The van der Waals surface area contributed by atoms with Gasteiger partial charge in [0.2, 0.25) is 5.91 Å². The molecule has 1 aromatic carbocycles. The van der Waals surface area contributed by atoms with Gasteiger partial charge in [-0.25, -0.2) is 0 Å². The van der Waals surface area contributed by atoms with Gasteiger partial charge in [-0.15, -0.1) is 0 Å². The van der Waals surface area contributed by atoms with Gasteiger partial charge in [-0.2, -0.15) is 0 Å². The fourth-order valence-electron chi connectivity index (χ4n) is 2.68. The quantitative estimate of drug-likeness (QED) is 0.928. The zero-order chi connectivity index (χ0) is 13.9. The van der Waals surface area contributed by atoms with Crippen LogP contribution in [0, 0.1) is 5.92 Å². The van der Waals surface area contributed by atoms with E-state index in [9.17, 15) is 4.79 Å². The van der Waals surface area contributed by atoms with Gasteiger partial charge in [0.1, 0.15) is 0 Å². The molecule has 1 fully saturated rings. The lowest BCUT2D eigenvalue weighted by atomic mass is 10.0. The smallest absolute Gasteiger partial charge is 0.227 e. The molecule has 0 bridgehead atoms. The van der Waals surface area contributed by atoms with E-state index in [0.717, 1.165) is 30.0 Å². The number of aromatic nitrogens is 1. The summed E-state index contributed by atoms with van der Waals surface area (Å²) >= 11 is 0. The molecule has 4 heteroatoms. The molecular weight excluding hydrogens is 250 g/mol. The van der Waals surface area contributed by atoms with Crippen molar-refractivity contribution in [1.82, 2.24) is 4.98 Å². The Bertz CT molecular complexity index is 612. The van der Waals surface area contributed by atoms with Crippen molar-refractivity contribution in [2.75, 3.05) is 17.2 Å². The summed E-state index contributed by atoms with van der Waals surface area (Å²) in [6.07, 6.45) is 3.09. The van der Waals surface area contributed by atoms with Gasteiger partial charge in [-0.3, -0.25) is 9.78 Å². The first-order valence-corrected chi connectivity index (χ1v) is 6.78. The van der Waals surface area contributed by atoms with Crippen LogP contribution in [0.3, 0.4) is 0 Å². The standard InChI is InChI=1S/C16H17N3O/c17-13-6-7-18-14(10-13)8-12-9-16(20)19(11-12)15-4-2-1-3-5-15/h1-7,10,12H,8-9,11H2,(H2,17,18). The van der Waals surface area contributed by atoms with Crippen LogP contribution in [-0.4, -0.2) is 17.4 Å². The van der Waals surface area contributed by atoms with Crippen LogP contribution in [-0.2, 0) is 11.2 Å². The second kappa shape index (κ2) is 5.33. The summed E-state index contributed by atoms with van der Waals surface area (Å²) in [5.74, 6) is 0.488. The van der Waals surface area contributed by atoms with Crippen molar-refractivity contribution in [2.24, 2.45) is 5.92 Å². The molecule has 3 rings (SSSR count). The average molecular weight is 267 g/mol. The largest absolute Gasteiger partial charge is 0.399 e. The number of amides is 1. The second-order valence-electron chi connectivity index (χ2n) is 5.19. The highest BCUT2D eigenvalue weighted by molar-refractivity contribution is 5.95. The first-order valence-electron chi connectivity index (χ1n) is 6.78. The summed E-state index contributed by atoms with van der Waals surface area (Å²) in [7, 11) is 0. The lowest BCUT2D eigenvalue weighted by molar-refractivity contribution is -0.117. The zero-order valence-electron chi connectivity index (χ0n) is 11.2. The second-order valence-corrected chi connectivity index (χ2v) is 5.19. The molecule has 0 spiro atoms. The number of para-hydroxylation sites is 1. The topological polar surface area (TPSA) is 59.2 Å². The average Bonchev–Trinajstić information content (AvgIpc) is 2.80. The van der Waals surface area contributed by atoms with E-state index in [-0.39, 0.29) is 5.91 Å². The molecule has 2 aromatic rings. The zero-order valence-corrected chi connectivity index (χ0v) is 11.2. The van der Waals surface area contributed by atoms with Crippen LogP contribution in [0.15, 0.2) is 48.7 Å². The number of carbonyl (C=O) groups excluding carboxylic acids is 1. The molecule has 1 atom stereocenters. The highest BCUT2D eigenvalue weighted by Gasteiger charge is 2.30. The number of nitrogens with two attached hydrogens (primary N) is 1. The van der Waals surface area contributed by atoms with Gasteiger partial charge < -0.3 is 10.6 Å². The molecule has 2 heterocycles. The normalized spacial score (nSPS) is 18.5. The highest BCUT2D eigenvalue weighted by atomic mass is 16.2. The number of benzene rings is 1. The van der Waals surface area contributed by atoms with Gasteiger partial charge in [0, 0.05) is 36.2 Å². The molecule has 102 valence electrons. The summed E-state index contributed by atoms with van der Waals surface area (Å²) in [4.78, 5) is 18.3. The minimum atomic E-state index is 0.185. The number of nitrogen functional groups attached to an aromatic ring is 1. The van der Waals surface area contributed by atoms with Crippen molar-refractivity contribution < 1.29 is 4.79 Å². The summed E-state index contributed by atoms with van der Waals surface area (Å²) in [5, 5.41) is 0. The van der Waals surface area contributed by atoms with E-state index in [2.05, 4.69) is 4.98 Å². The minimum absolute atomic E-state index is 0.185. The molecule has 1 amide bonds. The number of rotatable bonds is 3. The fourth-order valence-corrected chi connectivity index (χ4v) is 2.68. The van der Waals surface area contributed by atoms with E-state index < -0.39 is 0 Å². The van der Waals surface area contributed by atoms with Crippen molar-refractivity contribution in [3.05, 3.63) is 54.4 Å². The summed E-state index contributed by atoms with van der Waals surface area (Å²) in [6, 6.07) is 13.5. The molecule has 0 saturated carbocycles. The molecule has 0 aliphatic carbocycles.